The van der Waals surface area contributed by atoms with Crippen molar-refractivity contribution in [1.29, 1.82) is 0 Å². The maximum atomic E-state index is 3.68. The van der Waals surface area contributed by atoms with E-state index in [0.29, 0.717) is 0 Å². The van der Waals surface area contributed by atoms with Gasteiger partial charge in [0.05, 0.1) is 0 Å². The zero-order valence-electron chi connectivity index (χ0n) is 25.1. The van der Waals surface area contributed by atoms with Gasteiger partial charge in [-0.05, 0) is 25.9 Å². The van der Waals surface area contributed by atoms with Gasteiger partial charge in [-0.25, -0.2) is 0 Å². The number of nitrogens with one attached hydrogen (secondary N) is 1. The molecule has 0 aliphatic heterocycles. The number of hydrogen-bond acceptors (Lipinski definition) is 1. The van der Waals surface area contributed by atoms with Crippen molar-refractivity contribution < 1.29 is 0 Å². The Kier molecular flexibility index (Phi) is 33.9. The molecule has 35 heavy (non-hydrogen) atoms. The molecule has 212 valence electrons. The van der Waals surface area contributed by atoms with E-state index in [2.05, 4.69) is 19.2 Å². The van der Waals surface area contributed by atoms with Crippen LogP contribution in [-0.4, -0.2) is 13.1 Å². The summed E-state index contributed by atoms with van der Waals surface area (Å²) in [7, 11) is 0. The minimum Gasteiger partial charge on any atom is -0.317 e. The van der Waals surface area contributed by atoms with Crippen LogP contribution in [0.3, 0.4) is 0 Å². The van der Waals surface area contributed by atoms with Crippen LogP contribution in [0.15, 0.2) is 0 Å². The lowest BCUT2D eigenvalue weighted by Gasteiger charge is -2.06. The molecule has 0 fully saturated rings. The van der Waals surface area contributed by atoms with Crippen molar-refractivity contribution in [3.05, 3.63) is 0 Å². The summed E-state index contributed by atoms with van der Waals surface area (Å²) in [5.41, 5.74) is 0. The highest BCUT2D eigenvalue weighted by Gasteiger charge is 1.96. The topological polar surface area (TPSA) is 12.0 Å². The zero-order valence-corrected chi connectivity index (χ0v) is 25.1. The summed E-state index contributed by atoms with van der Waals surface area (Å²) >= 11 is 0. The van der Waals surface area contributed by atoms with E-state index >= 15 is 0 Å². The molecule has 0 saturated carbocycles. The van der Waals surface area contributed by atoms with Crippen LogP contribution in [0, 0.1) is 0 Å². The molecule has 0 amide bonds. The van der Waals surface area contributed by atoms with Crippen molar-refractivity contribution in [2.75, 3.05) is 13.1 Å². The average molecular weight is 494 g/mol. The van der Waals surface area contributed by atoms with Crippen LogP contribution < -0.4 is 5.32 Å². The smallest absolute Gasteiger partial charge is 0.00489 e. The Hall–Kier alpha value is -0.0400. The monoisotopic (exact) mass is 494 g/mol. The molecule has 0 radical (unpaired) electrons. The second-order valence-corrected chi connectivity index (χ2v) is 11.6. The summed E-state index contributed by atoms with van der Waals surface area (Å²) in [6.07, 6.45) is 43.7. The molecule has 1 nitrogen and oxygen atoms in total. The molecule has 0 spiro atoms. The van der Waals surface area contributed by atoms with Crippen LogP contribution in [-0.2, 0) is 0 Å². The SMILES string of the molecule is CCCCCCCCCCCCCCCCCNCCCCCCCCCCCCCCCCC. The van der Waals surface area contributed by atoms with Gasteiger partial charge in [-0.1, -0.05) is 194 Å². The second-order valence-electron chi connectivity index (χ2n) is 11.6. The van der Waals surface area contributed by atoms with Gasteiger partial charge in [0.2, 0.25) is 0 Å². The molecular weight excluding hydrogens is 422 g/mol. The molecule has 1 N–H and O–H groups in total. The first-order valence-corrected chi connectivity index (χ1v) is 17.1. The molecule has 0 aromatic heterocycles. The average Bonchev–Trinajstić information content (AvgIpc) is 2.87. The van der Waals surface area contributed by atoms with E-state index in [4.69, 9.17) is 0 Å². The van der Waals surface area contributed by atoms with Crippen LogP contribution >= 0.6 is 0 Å². The van der Waals surface area contributed by atoms with Gasteiger partial charge in [-0.15, -0.1) is 0 Å². The maximum Gasteiger partial charge on any atom is -0.00489 e. The van der Waals surface area contributed by atoms with Gasteiger partial charge in [-0.2, -0.15) is 0 Å². The predicted octanol–water partition coefficient (Wildman–Crippen LogP) is 12.3. The highest BCUT2D eigenvalue weighted by molar-refractivity contribution is 4.54. The minimum atomic E-state index is 1.25. The summed E-state index contributed by atoms with van der Waals surface area (Å²) in [4.78, 5) is 0. The first-order valence-electron chi connectivity index (χ1n) is 17.1. The fourth-order valence-corrected chi connectivity index (χ4v) is 5.37. The van der Waals surface area contributed by atoms with Crippen LogP contribution in [0.4, 0.5) is 0 Å². The number of unbranched alkanes of at least 4 members (excludes halogenated alkanes) is 28. The summed E-state index contributed by atoms with van der Waals surface area (Å²) in [5, 5.41) is 3.68. The fraction of sp³-hybridized carbons (Fsp3) is 1.00. The van der Waals surface area contributed by atoms with Crippen LogP contribution in [0.5, 0.6) is 0 Å². The van der Waals surface area contributed by atoms with Gasteiger partial charge in [0.1, 0.15) is 0 Å². The predicted molar refractivity (Wildman–Crippen MR) is 163 cm³/mol. The standard InChI is InChI=1S/C34H71N/c1-3-5-7-9-11-13-15-17-19-21-23-25-27-29-31-33-35-34-32-30-28-26-24-22-20-18-16-14-12-10-8-6-4-2/h35H,3-34H2,1-2H3. The maximum absolute atomic E-state index is 3.68. The quantitative estimate of drug-likeness (QED) is 0.0918. The molecule has 0 heterocycles. The van der Waals surface area contributed by atoms with E-state index in [1.807, 2.05) is 0 Å². The van der Waals surface area contributed by atoms with Crippen molar-refractivity contribution in [2.45, 2.75) is 206 Å². The van der Waals surface area contributed by atoms with Gasteiger partial charge >= 0.3 is 0 Å². The summed E-state index contributed by atoms with van der Waals surface area (Å²) in [6, 6.07) is 0. The molecule has 0 aliphatic rings. The fourth-order valence-electron chi connectivity index (χ4n) is 5.37. The lowest BCUT2D eigenvalue weighted by Crippen LogP contribution is -2.16. The number of rotatable bonds is 32. The van der Waals surface area contributed by atoms with Gasteiger partial charge in [-0.3, -0.25) is 0 Å². The van der Waals surface area contributed by atoms with E-state index in [1.54, 1.807) is 0 Å². The van der Waals surface area contributed by atoms with Crippen molar-refractivity contribution in [3.8, 4) is 0 Å². The van der Waals surface area contributed by atoms with E-state index in [9.17, 15) is 0 Å². The van der Waals surface area contributed by atoms with E-state index < -0.39 is 0 Å². The Bertz CT molecular complexity index is 307. The molecule has 1 heteroatoms. The molecule has 0 rings (SSSR count). The first kappa shape index (κ1) is 35.0. The van der Waals surface area contributed by atoms with Crippen molar-refractivity contribution in [1.82, 2.24) is 5.32 Å². The van der Waals surface area contributed by atoms with E-state index in [1.165, 1.54) is 206 Å². The highest BCUT2D eigenvalue weighted by Crippen LogP contribution is 2.14. The van der Waals surface area contributed by atoms with Crippen LogP contribution in [0.25, 0.3) is 0 Å². The molecule has 0 aliphatic carbocycles. The minimum absolute atomic E-state index is 1.25. The Balaban J connectivity index is 3.00. The Morgan fingerprint density at radius 1 is 0.229 bits per heavy atom. The van der Waals surface area contributed by atoms with Crippen molar-refractivity contribution in [3.63, 3.8) is 0 Å². The lowest BCUT2D eigenvalue weighted by atomic mass is 10.0. The van der Waals surface area contributed by atoms with Crippen LogP contribution in [0.2, 0.25) is 0 Å². The zero-order chi connectivity index (χ0) is 25.3. The third-order valence-corrected chi connectivity index (χ3v) is 7.91. The van der Waals surface area contributed by atoms with Gasteiger partial charge in [0.25, 0.3) is 0 Å². The molecular formula is C34H71N. The first-order chi connectivity index (χ1) is 17.4. The molecule has 0 aromatic carbocycles. The van der Waals surface area contributed by atoms with Crippen molar-refractivity contribution in [2.24, 2.45) is 0 Å². The summed E-state index contributed by atoms with van der Waals surface area (Å²) in [5.74, 6) is 0. The Morgan fingerprint density at radius 3 is 0.600 bits per heavy atom. The van der Waals surface area contributed by atoms with Crippen molar-refractivity contribution >= 4 is 0 Å². The van der Waals surface area contributed by atoms with Gasteiger partial charge in [0.15, 0.2) is 0 Å². The highest BCUT2D eigenvalue weighted by atomic mass is 14.8. The molecule has 0 saturated heterocycles. The summed E-state index contributed by atoms with van der Waals surface area (Å²) in [6.45, 7) is 7.10. The molecule has 0 atom stereocenters. The van der Waals surface area contributed by atoms with E-state index in [-0.39, 0.29) is 0 Å². The van der Waals surface area contributed by atoms with Crippen LogP contribution in [0.1, 0.15) is 206 Å². The van der Waals surface area contributed by atoms with E-state index in [0.717, 1.165) is 0 Å². The third-order valence-electron chi connectivity index (χ3n) is 7.91. The van der Waals surface area contributed by atoms with Gasteiger partial charge in [0, 0.05) is 0 Å². The number of hydrogen-bond donors (Lipinski definition) is 1. The molecule has 0 unspecified atom stereocenters. The Morgan fingerprint density at radius 2 is 0.400 bits per heavy atom. The Labute approximate surface area is 224 Å². The largest absolute Gasteiger partial charge is 0.317 e. The third kappa shape index (κ3) is 34.0. The lowest BCUT2D eigenvalue weighted by molar-refractivity contribution is 0.516. The summed E-state index contributed by atoms with van der Waals surface area (Å²) < 4.78 is 0. The normalized spacial score (nSPS) is 11.5. The van der Waals surface area contributed by atoms with Gasteiger partial charge < -0.3 is 5.32 Å². The molecule has 0 bridgehead atoms. The molecule has 0 aromatic rings. The second kappa shape index (κ2) is 34.0.